The number of hydrogen-bond donors (Lipinski definition) is 1. The molecule has 4 heteroatoms. The van der Waals surface area contributed by atoms with Crippen LogP contribution in [0.3, 0.4) is 0 Å². The monoisotopic (exact) mass is 220 g/mol. The van der Waals surface area contributed by atoms with Gasteiger partial charge in [-0.2, -0.15) is 0 Å². The number of hydrogen-bond acceptors (Lipinski definition) is 4. The number of anilines is 1. The van der Waals surface area contributed by atoms with Crippen molar-refractivity contribution < 1.29 is 9.53 Å². The first kappa shape index (κ1) is 11.0. The molecule has 1 aliphatic heterocycles. The Morgan fingerprint density at radius 2 is 2.25 bits per heavy atom. The number of nitrogens with zero attached hydrogens (tertiary/aromatic N) is 1. The zero-order valence-corrected chi connectivity index (χ0v) is 9.78. The quantitative estimate of drug-likeness (QED) is 0.770. The van der Waals surface area contributed by atoms with Crippen molar-refractivity contribution in [3.05, 3.63) is 29.3 Å². The van der Waals surface area contributed by atoms with Gasteiger partial charge in [0.25, 0.3) is 0 Å². The Balaban J connectivity index is 2.44. The number of ether oxygens (including phenoxy) is 1. The molecule has 86 valence electrons. The Hall–Kier alpha value is -1.55. The van der Waals surface area contributed by atoms with Crippen molar-refractivity contribution in [2.45, 2.75) is 26.4 Å². The number of carbonyl (C=O) groups is 1. The first-order valence-corrected chi connectivity index (χ1v) is 5.38. The fourth-order valence-corrected chi connectivity index (χ4v) is 2.00. The fraction of sp³-hybridized carbons (Fsp3) is 0.417. The average Bonchev–Trinajstić information content (AvgIpc) is 2.71. The SMILES string of the molecule is COC(=O)c1cccc2c1CNN2C(C)C. The number of fused-ring (bicyclic) bond motifs is 1. The molecule has 0 unspecified atom stereocenters. The van der Waals surface area contributed by atoms with Gasteiger partial charge >= 0.3 is 5.97 Å². The average molecular weight is 220 g/mol. The van der Waals surface area contributed by atoms with E-state index in [1.165, 1.54) is 7.11 Å². The van der Waals surface area contributed by atoms with E-state index in [0.29, 0.717) is 18.2 Å². The Bertz CT molecular complexity index is 415. The van der Waals surface area contributed by atoms with Crippen LogP contribution in [0.1, 0.15) is 29.8 Å². The van der Waals surface area contributed by atoms with Gasteiger partial charge in [-0.05, 0) is 26.0 Å². The Kier molecular flexibility index (Phi) is 2.83. The second-order valence-corrected chi connectivity index (χ2v) is 4.09. The van der Waals surface area contributed by atoms with Crippen LogP contribution in [-0.4, -0.2) is 19.1 Å². The van der Waals surface area contributed by atoms with Crippen LogP contribution in [0.25, 0.3) is 0 Å². The van der Waals surface area contributed by atoms with Crippen molar-refractivity contribution in [2.24, 2.45) is 0 Å². The Labute approximate surface area is 95.2 Å². The lowest BCUT2D eigenvalue weighted by Gasteiger charge is -2.23. The summed E-state index contributed by atoms with van der Waals surface area (Å²) in [4.78, 5) is 11.6. The largest absolute Gasteiger partial charge is 0.465 e. The molecule has 1 aromatic carbocycles. The van der Waals surface area contributed by atoms with Crippen LogP contribution in [0.2, 0.25) is 0 Å². The van der Waals surface area contributed by atoms with Gasteiger partial charge < -0.3 is 9.75 Å². The van der Waals surface area contributed by atoms with Crippen LogP contribution in [0.5, 0.6) is 0 Å². The normalized spacial score (nSPS) is 14.1. The molecule has 1 aliphatic rings. The molecular weight excluding hydrogens is 204 g/mol. The molecule has 0 spiro atoms. The number of nitrogens with one attached hydrogen (secondary N) is 1. The van der Waals surface area contributed by atoms with E-state index in [1.807, 2.05) is 12.1 Å². The molecule has 0 aromatic heterocycles. The zero-order chi connectivity index (χ0) is 11.7. The van der Waals surface area contributed by atoms with Crippen molar-refractivity contribution >= 4 is 11.7 Å². The van der Waals surface area contributed by atoms with Crippen molar-refractivity contribution in [3.63, 3.8) is 0 Å². The predicted octanol–water partition coefficient (Wildman–Crippen LogP) is 1.71. The molecule has 0 saturated carbocycles. The maximum atomic E-state index is 11.6. The summed E-state index contributed by atoms with van der Waals surface area (Å²) < 4.78 is 4.77. The minimum Gasteiger partial charge on any atom is -0.465 e. The highest BCUT2D eigenvalue weighted by atomic mass is 16.5. The van der Waals surface area contributed by atoms with Crippen LogP contribution < -0.4 is 10.4 Å². The lowest BCUT2D eigenvalue weighted by Crippen LogP contribution is -2.37. The summed E-state index contributed by atoms with van der Waals surface area (Å²) in [6.45, 7) is 4.89. The second kappa shape index (κ2) is 4.14. The highest BCUT2D eigenvalue weighted by Crippen LogP contribution is 2.29. The zero-order valence-electron chi connectivity index (χ0n) is 9.78. The van der Waals surface area contributed by atoms with Crippen LogP contribution in [0.4, 0.5) is 5.69 Å². The van der Waals surface area contributed by atoms with Crippen molar-refractivity contribution in [3.8, 4) is 0 Å². The fourth-order valence-electron chi connectivity index (χ4n) is 2.00. The van der Waals surface area contributed by atoms with E-state index in [9.17, 15) is 4.79 Å². The molecule has 16 heavy (non-hydrogen) atoms. The number of methoxy groups -OCH3 is 1. The Morgan fingerprint density at radius 3 is 2.88 bits per heavy atom. The molecule has 4 nitrogen and oxygen atoms in total. The van der Waals surface area contributed by atoms with Crippen LogP contribution in [0, 0.1) is 0 Å². The minimum absolute atomic E-state index is 0.274. The molecule has 1 aromatic rings. The van der Waals surface area contributed by atoms with Crippen LogP contribution >= 0.6 is 0 Å². The van der Waals surface area contributed by atoms with Crippen molar-refractivity contribution in [2.75, 3.05) is 12.1 Å². The number of hydrazine groups is 1. The molecule has 0 bridgehead atoms. The molecule has 0 radical (unpaired) electrons. The summed E-state index contributed by atoms with van der Waals surface area (Å²) in [5.41, 5.74) is 6.00. The lowest BCUT2D eigenvalue weighted by molar-refractivity contribution is 0.0599. The van der Waals surface area contributed by atoms with E-state index < -0.39 is 0 Å². The van der Waals surface area contributed by atoms with Crippen LogP contribution in [-0.2, 0) is 11.3 Å². The summed E-state index contributed by atoms with van der Waals surface area (Å²) in [6, 6.07) is 6.06. The predicted molar refractivity (Wildman–Crippen MR) is 62.2 cm³/mol. The molecule has 1 heterocycles. The van der Waals surface area contributed by atoms with Gasteiger partial charge in [-0.3, -0.25) is 0 Å². The van der Waals surface area contributed by atoms with E-state index in [-0.39, 0.29) is 5.97 Å². The standard InChI is InChI=1S/C12H16N2O2/c1-8(2)14-11-6-4-5-9(12(15)16-3)10(11)7-13-14/h4-6,8,13H,7H2,1-3H3. The number of esters is 1. The first-order chi connectivity index (χ1) is 7.65. The van der Waals surface area contributed by atoms with Crippen LogP contribution in [0.15, 0.2) is 18.2 Å². The van der Waals surface area contributed by atoms with Gasteiger partial charge in [-0.1, -0.05) is 6.07 Å². The first-order valence-electron chi connectivity index (χ1n) is 5.38. The van der Waals surface area contributed by atoms with Gasteiger partial charge in [0.05, 0.1) is 18.4 Å². The van der Waals surface area contributed by atoms with Gasteiger partial charge in [0, 0.05) is 18.2 Å². The number of carbonyl (C=O) groups excluding carboxylic acids is 1. The van der Waals surface area contributed by atoms with Gasteiger partial charge in [-0.15, -0.1) is 0 Å². The van der Waals surface area contributed by atoms with Gasteiger partial charge in [0.1, 0.15) is 0 Å². The summed E-state index contributed by atoms with van der Waals surface area (Å²) in [7, 11) is 1.41. The topological polar surface area (TPSA) is 41.6 Å². The Morgan fingerprint density at radius 1 is 1.50 bits per heavy atom. The third kappa shape index (κ3) is 1.65. The highest BCUT2D eigenvalue weighted by molar-refractivity contribution is 5.93. The third-order valence-electron chi connectivity index (χ3n) is 2.76. The highest BCUT2D eigenvalue weighted by Gasteiger charge is 2.25. The molecule has 2 rings (SSSR count). The summed E-state index contributed by atoms with van der Waals surface area (Å²) in [5, 5.41) is 2.07. The molecule has 1 N–H and O–H groups in total. The van der Waals surface area contributed by atoms with Crippen molar-refractivity contribution in [1.82, 2.24) is 5.43 Å². The molecule has 0 amide bonds. The summed E-state index contributed by atoms with van der Waals surface area (Å²) in [5.74, 6) is -0.274. The van der Waals surface area contributed by atoms with Crippen molar-refractivity contribution in [1.29, 1.82) is 0 Å². The molecule has 0 fully saturated rings. The third-order valence-corrected chi connectivity index (χ3v) is 2.76. The number of rotatable bonds is 2. The minimum atomic E-state index is -0.274. The maximum absolute atomic E-state index is 11.6. The van der Waals surface area contributed by atoms with Gasteiger partial charge in [-0.25, -0.2) is 10.2 Å². The van der Waals surface area contributed by atoms with E-state index >= 15 is 0 Å². The molecular formula is C12H16N2O2. The van der Waals surface area contributed by atoms with E-state index in [4.69, 9.17) is 4.74 Å². The van der Waals surface area contributed by atoms with E-state index in [1.54, 1.807) is 6.07 Å². The summed E-state index contributed by atoms with van der Waals surface area (Å²) in [6.07, 6.45) is 0. The summed E-state index contributed by atoms with van der Waals surface area (Å²) >= 11 is 0. The molecule has 0 aliphatic carbocycles. The van der Waals surface area contributed by atoms with Gasteiger partial charge in [0.15, 0.2) is 0 Å². The maximum Gasteiger partial charge on any atom is 0.338 e. The van der Waals surface area contributed by atoms with Gasteiger partial charge in [0.2, 0.25) is 0 Å². The second-order valence-electron chi connectivity index (χ2n) is 4.09. The van der Waals surface area contributed by atoms with E-state index in [2.05, 4.69) is 24.3 Å². The number of benzene rings is 1. The lowest BCUT2D eigenvalue weighted by atomic mass is 10.1. The smallest absolute Gasteiger partial charge is 0.338 e. The molecule has 0 saturated heterocycles. The van der Waals surface area contributed by atoms with E-state index in [0.717, 1.165) is 11.3 Å². The molecule has 0 atom stereocenters.